The van der Waals surface area contributed by atoms with Gasteiger partial charge < -0.3 is 24.8 Å². The van der Waals surface area contributed by atoms with E-state index in [1.54, 1.807) is 7.11 Å². The van der Waals surface area contributed by atoms with Gasteiger partial charge in [-0.2, -0.15) is 0 Å². The number of thiocarbonyl (C=S) groups is 1. The van der Waals surface area contributed by atoms with Crippen LogP contribution in [0, 0.1) is 0 Å². The SMILES string of the molecule is CCOCCCNC(=S)NCCCOCCOC. The molecule has 18 heavy (non-hydrogen) atoms. The maximum absolute atomic E-state index is 5.34. The van der Waals surface area contributed by atoms with Gasteiger partial charge in [0, 0.05) is 40.0 Å². The van der Waals surface area contributed by atoms with E-state index < -0.39 is 0 Å². The highest BCUT2D eigenvalue weighted by Crippen LogP contribution is 1.83. The van der Waals surface area contributed by atoms with E-state index in [9.17, 15) is 0 Å². The Bertz CT molecular complexity index is 194. The molecule has 0 spiro atoms. The lowest BCUT2D eigenvalue weighted by Gasteiger charge is -2.10. The zero-order valence-corrected chi connectivity index (χ0v) is 12.3. The van der Waals surface area contributed by atoms with Gasteiger partial charge in [-0.3, -0.25) is 0 Å². The lowest BCUT2D eigenvalue weighted by Crippen LogP contribution is -2.36. The van der Waals surface area contributed by atoms with Gasteiger partial charge in [-0.1, -0.05) is 0 Å². The Balaban J connectivity index is 3.12. The normalized spacial score (nSPS) is 10.3. The van der Waals surface area contributed by atoms with E-state index in [-0.39, 0.29) is 0 Å². The molecule has 0 rings (SSSR count). The van der Waals surface area contributed by atoms with Crippen LogP contribution in [0.3, 0.4) is 0 Å². The fourth-order valence-electron chi connectivity index (χ4n) is 1.20. The summed E-state index contributed by atoms with van der Waals surface area (Å²) in [5, 5.41) is 6.96. The van der Waals surface area contributed by atoms with Gasteiger partial charge in [0.05, 0.1) is 13.2 Å². The Kier molecular flexibility index (Phi) is 14.3. The summed E-state index contributed by atoms with van der Waals surface area (Å²) >= 11 is 5.13. The molecule has 0 atom stereocenters. The first-order valence-electron chi connectivity index (χ1n) is 6.47. The minimum absolute atomic E-state index is 0.646. The minimum atomic E-state index is 0.646. The molecule has 0 unspecified atom stereocenters. The summed E-state index contributed by atoms with van der Waals surface area (Å²) in [5.41, 5.74) is 0. The molecular weight excluding hydrogens is 252 g/mol. The van der Waals surface area contributed by atoms with Gasteiger partial charge in [0.2, 0.25) is 0 Å². The molecule has 0 aromatic carbocycles. The Hall–Kier alpha value is -0.430. The Morgan fingerprint density at radius 3 is 2.11 bits per heavy atom. The van der Waals surface area contributed by atoms with Gasteiger partial charge in [0.1, 0.15) is 0 Å². The quantitative estimate of drug-likeness (QED) is 0.409. The van der Waals surface area contributed by atoms with Gasteiger partial charge >= 0.3 is 0 Å². The van der Waals surface area contributed by atoms with Crippen LogP contribution in [-0.2, 0) is 14.2 Å². The zero-order valence-electron chi connectivity index (χ0n) is 11.5. The second kappa shape index (κ2) is 14.6. The molecule has 0 aromatic heterocycles. The standard InChI is InChI=1S/C12H26N2O3S/c1-3-16-8-4-6-13-12(18)14-7-5-9-17-11-10-15-2/h3-11H2,1-2H3,(H2,13,14,18). The third-order valence-electron chi connectivity index (χ3n) is 2.14. The van der Waals surface area contributed by atoms with Crippen LogP contribution in [-0.4, -0.2) is 58.3 Å². The monoisotopic (exact) mass is 278 g/mol. The molecule has 2 N–H and O–H groups in total. The second-order valence-electron chi connectivity index (χ2n) is 3.69. The number of hydrogen-bond donors (Lipinski definition) is 2. The Morgan fingerprint density at radius 2 is 1.56 bits per heavy atom. The minimum Gasteiger partial charge on any atom is -0.382 e. The third kappa shape index (κ3) is 13.6. The maximum atomic E-state index is 5.34. The highest BCUT2D eigenvalue weighted by Gasteiger charge is 1.95. The van der Waals surface area contributed by atoms with Crippen molar-refractivity contribution in [3.63, 3.8) is 0 Å². The first-order chi connectivity index (χ1) is 8.81. The van der Waals surface area contributed by atoms with Crippen LogP contribution in [0.2, 0.25) is 0 Å². The third-order valence-corrected chi connectivity index (χ3v) is 2.43. The first kappa shape index (κ1) is 17.6. The average molecular weight is 278 g/mol. The summed E-state index contributed by atoms with van der Waals surface area (Å²) in [7, 11) is 1.67. The number of rotatable bonds is 12. The average Bonchev–Trinajstić information content (AvgIpc) is 2.37. The molecule has 0 aliphatic heterocycles. The van der Waals surface area contributed by atoms with Gasteiger partial charge in [0.25, 0.3) is 0 Å². The van der Waals surface area contributed by atoms with E-state index in [2.05, 4.69) is 10.6 Å². The molecule has 0 aliphatic rings. The van der Waals surface area contributed by atoms with Crippen LogP contribution in [0.4, 0.5) is 0 Å². The Morgan fingerprint density at radius 1 is 0.944 bits per heavy atom. The summed E-state index contributed by atoms with van der Waals surface area (Å²) in [5.74, 6) is 0. The summed E-state index contributed by atoms with van der Waals surface area (Å²) in [4.78, 5) is 0. The molecule has 0 saturated heterocycles. The van der Waals surface area contributed by atoms with Crippen molar-refractivity contribution in [2.24, 2.45) is 0 Å². The van der Waals surface area contributed by atoms with Crippen molar-refractivity contribution in [2.45, 2.75) is 19.8 Å². The van der Waals surface area contributed by atoms with Gasteiger partial charge in [-0.05, 0) is 32.0 Å². The summed E-state index contributed by atoms with van der Waals surface area (Å²) < 4.78 is 15.4. The molecule has 0 heterocycles. The lowest BCUT2D eigenvalue weighted by atomic mass is 10.4. The molecule has 6 heteroatoms. The summed E-state index contributed by atoms with van der Waals surface area (Å²) in [6.45, 7) is 7.23. The molecule has 0 saturated carbocycles. The van der Waals surface area contributed by atoms with Gasteiger partial charge in [0.15, 0.2) is 5.11 Å². The first-order valence-corrected chi connectivity index (χ1v) is 6.88. The molecular formula is C12H26N2O3S. The zero-order chi connectivity index (χ0) is 13.5. The van der Waals surface area contributed by atoms with Crippen LogP contribution in [0.5, 0.6) is 0 Å². The van der Waals surface area contributed by atoms with Crippen molar-refractivity contribution in [2.75, 3.05) is 53.2 Å². The molecule has 0 aromatic rings. The molecule has 0 amide bonds. The fraction of sp³-hybridized carbons (Fsp3) is 0.917. The molecule has 0 aliphatic carbocycles. The Labute approximate surface area is 116 Å². The number of hydrogen-bond acceptors (Lipinski definition) is 4. The van der Waals surface area contributed by atoms with E-state index in [1.807, 2.05) is 6.92 Å². The van der Waals surface area contributed by atoms with Crippen molar-refractivity contribution in [3.8, 4) is 0 Å². The van der Waals surface area contributed by atoms with Crippen LogP contribution in [0.25, 0.3) is 0 Å². The van der Waals surface area contributed by atoms with E-state index in [0.717, 1.165) is 45.8 Å². The molecule has 0 bridgehead atoms. The number of ether oxygens (including phenoxy) is 3. The molecule has 108 valence electrons. The van der Waals surface area contributed by atoms with Gasteiger partial charge in [-0.25, -0.2) is 0 Å². The fourth-order valence-corrected chi connectivity index (χ4v) is 1.41. The second-order valence-corrected chi connectivity index (χ2v) is 4.10. The van der Waals surface area contributed by atoms with E-state index in [0.29, 0.717) is 18.3 Å². The van der Waals surface area contributed by atoms with E-state index in [1.165, 1.54) is 0 Å². The topological polar surface area (TPSA) is 51.8 Å². The van der Waals surface area contributed by atoms with Crippen molar-refractivity contribution >= 4 is 17.3 Å². The molecule has 0 fully saturated rings. The number of nitrogens with one attached hydrogen (secondary N) is 2. The summed E-state index contributed by atoms with van der Waals surface area (Å²) in [6, 6.07) is 0. The predicted molar refractivity (Wildman–Crippen MR) is 77.0 cm³/mol. The van der Waals surface area contributed by atoms with Crippen LogP contribution in [0.15, 0.2) is 0 Å². The van der Waals surface area contributed by atoms with E-state index in [4.69, 9.17) is 26.4 Å². The van der Waals surface area contributed by atoms with Gasteiger partial charge in [-0.15, -0.1) is 0 Å². The highest BCUT2D eigenvalue weighted by atomic mass is 32.1. The van der Waals surface area contributed by atoms with Crippen LogP contribution in [0.1, 0.15) is 19.8 Å². The molecule has 0 radical (unpaired) electrons. The van der Waals surface area contributed by atoms with Crippen molar-refractivity contribution in [1.29, 1.82) is 0 Å². The van der Waals surface area contributed by atoms with Crippen molar-refractivity contribution in [3.05, 3.63) is 0 Å². The van der Waals surface area contributed by atoms with Crippen LogP contribution >= 0.6 is 12.2 Å². The lowest BCUT2D eigenvalue weighted by molar-refractivity contribution is 0.0699. The van der Waals surface area contributed by atoms with Crippen molar-refractivity contribution in [1.82, 2.24) is 10.6 Å². The highest BCUT2D eigenvalue weighted by molar-refractivity contribution is 7.80. The smallest absolute Gasteiger partial charge is 0.166 e. The predicted octanol–water partition coefficient (Wildman–Crippen LogP) is 0.930. The van der Waals surface area contributed by atoms with E-state index >= 15 is 0 Å². The maximum Gasteiger partial charge on any atom is 0.166 e. The van der Waals surface area contributed by atoms with Crippen LogP contribution < -0.4 is 10.6 Å². The molecule has 5 nitrogen and oxygen atoms in total. The van der Waals surface area contributed by atoms with Crippen molar-refractivity contribution < 1.29 is 14.2 Å². The largest absolute Gasteiger partial charge is 0.382 e. The summed E-state index contributed by atoms with van der Waals surface area (Å²) in [6.07, 6.45) is 1.90. The number of methoxy groups -OCH3 is 1.